The molecule has 0 unspecified atom stereocenters. The van der Waals surface area contributed by atoms with Gasteiger partial charge in [0, 0.05) is 56.9 Å². The Hall–Kier alpha value is -0.220. The Bertz CT molecular complexity index is 182. The highest BCUT2D eigenvalue weighted by molar-refractivity contribution is 7.33. The summed E-state index contributed by atoms with van der Waals surface area (Å²) in [5.74, 6) is 0. The average Bonchev–Trinajstić information content (AvgIpc) is 2.38. The van der Waals surface area contributed by atoms with E-state index in [2.05, 4.69) is 21.6 Å². The molecule has 0 fully saturated rings. The maximum Gasteiger partial charge on any atom is 0.735 e. The molecular weight excluding hydrogens is 259 g/mol. The van der Waals surface area contributed by atoms with Gasteiger partial charge in [-0.25, -0.2) is 0 Å². The van der Waals surface area contributed by atoms with E-state index in [4.69, 9.17) is 20.7 Å². The maximum atomic E-state index is 11.1. The van der Waals surface area contributed by atoms with Gasteiger partial charge in [-0.15, -0.1) is 11.0 Å². The van der Waals surface area contributed by atoms with Crippen molar-refractivity contribution in [3.63, 3.8) is 0 Å². The van der Waals surface area contributed by atoms with Crippen LogP contribution < -0.4 is 33.1 Å². The van der Waals surface area contributed by atoms with Crippen LogP contribution >= 0.6 is 8.25 Å². The molecule has 108 valence electrons. The van der Waals surface area contributed by atoms with Crippen LogP contribution in [0.5, 0.6) is 0 Å². The van der Waals surface area contributed by atoms with Crippen LogP contribution in [0.4, 0.5) is 0 Å². The zero-order valence-corrected chi connectivity index (χ0v) is 11.4. The van der Waals surface area contributed by atoms with Gasteiger partial charge in [0.25, 0.3) is 0 Å². The lowest BCUT2D eigenvalue weighted by Gasteiger charge is -2.01. The summed E-state index contributed by atoms with van der Waals surface area (Å²) < 4.78 is 20.5. The minimum absolute atomic E-state index is 0.516. The fraction of sp³-hybridized carbons (Fsp3) is 1.00. The second kappa shape index (κ2) is 14.8. The predicted molar refractivity (Wildman–Crippen MR) is 69.6 cm³/mol. The highest BCUT2D eigenvalue weighted by atomic mass is 31.1. The molecule has 0 amide bonds. The van der Waals surface area contributed by atoms with Gasteiger partial charge in [-0.1, -0.05) is 0 Å². The van der Waals surface area contributed by atoms with Crippen LogP contribution in [0.2, 0.25) is 0 Å². The lowest BCUT2D eigenvalue weighted by Crippen LogP contribution is -2.31. The summed E-state index contributed by atoms with van der Waals surface area (Å²) in [6.45, 7) is 5.03. The first-order valence-electron chi connectivity index (χ1n) is 5.89. The largest absolute Gasteiger partial charge is 0.735 e. The second-order valence-electron chi connectivity index (χ2n) is 3.27. The zero-order chi connectivity index (χ0) is 13.5. The van der Waals surface area contributed by atoms with Crippen molar-refractivity contribution in [2.45, 2.75) is 0 Å². The molecule has 0 aromatic carbocycles. The SMILES string of the molecule is NCCNCCNO[P+](=O)ONCCNCCN. The van der Waals surface area contributed by atoms with E-state index in [1.807, 2.05) is 0 Å². The Balaban J connectivity index is 3.12. The lowest BCUT2D eigenvalue weighted by molar-refractivity contribution is 0.119. The van der Waals surface area contributed by atoms with Gasteiger partial charge in [0.2, 0.25) is 0 Å². The van der Waals surface area contributed by atoms with E-state index in [0.29, 0.717) is 39.3 Å². The standard InChI is InChI=1S/C8H24N6O3P/c9-1-3-11-5-7-13-16-18(15)17-14-8-6-12-4-2-10/h11-14H,1-10H2/q+1. The Morgan fingerprint density at radius 2 is 1.22 bits per heavy atom. The van der Waals surface area contributed by atoms with Gasteiger partial charge in [0.15, 0.2) is 0 Å². The number of nitrogens with one attached hydrogen (secondary N) is 4. The highest BCUT2D eigenvalue weighted by Crippen LogP contribution is 2.18. The molecule has 0 heterocycles. The number of nitrogens with two attached hydrogens (primary N) is 2. The number of rotatable bonds is 14. The van der Waals surface area contributed by atoms with E-state index in [-0.39, 0.29) is 0 Å². The molecule has 10 heteroatoms. The Morgan fingerprint density at radius 1 is 0.778 bits per heavy atom. The van der Waals surface area contributed by atoms with Crippen molar-refractivity contribution in [1.29, 1.82) is 0 Å². The van der Waals surface area contributed by atoms with Gasteiger partial charge in [0.05, 0.1) is 0 Å². The molecule has 0 atom stereocenters. The third kappa shape index (κ3) is 13.8. The molecule has 9 nitrogen and oxygen atoms in total. The minimum atomic E-state index is -2.21. The summed E-state index contributed by atoms with van der Waals surface area (Å²) in [6.07, 6.45) is 0. The van der Waals surface area contributed by atoms with Crippen molar-refractivity contribution in [2.75, 3.05) is 52.4 Å². The first kappa shape index (κ1) is 17.8. The van der Waals surface area contributed by atoms with Crippen molar-refractivity contribution >= 4 is 8.25 Å². The van der Waals surface area contributed by atoms with Gasteiger partial charge in [-0.05, 0) is 9.25 Å². The topological polar surface area (TPSA) is 136 Å². The van der Waals surface area contributed by atoms with E-state index in [0.717, 1.165) is 13.1 Å². The van der Waals surface area contributed by atoms with Gasteiger partial charge in [0.1, 0.15) is 0 Å². The number of hydroxylamine groups is 2. The van der Waals surface area contributed by atoms with E-state index in [9.17, 15) is 4.57 Å². The van der Waals surface area contributed by atoms with Gasteiger partial charge in [-0.3, -0.25) is 0 Å². The van der Waals surface area contributed by atoms with Gasteiger partial charge in [-0.2, -0.15) is 0 Å². The molecule has 0 aromatic rings. The first-order valence-corrected chi connectivity index (χ1v) is 6.99. The summed E-state index contributed by atoms with van der Waals surface area (Å²) in [5.41, 5.74) is 15.6. The predicted octanol–water partition coefficient (Wildman–Crippen LogP) is -2.22. The van der Waals surface area contributed by atoms with Crippen molar-refractivity contribution in [3.8, 4) is 0 Å². The number of hydrogen-bond donors (Lipinski definition) is 6. The Kier molecular flexibility index (Phi) is 14.7. The molecule has 0 spiro atoms. The summed E-state index contributed by atoms with van der Waals surface area (Å²) in [4.78, 5) is 0. The first-order chi connectivity index (χ1) is 8.81. The molecule has 8 N–H and O–H groups in total. The molecule has 0 radical (unpaired) electrons. The molecule has 0 aromatic heterocycles. The van der Waals surface area contributed by atoms with Crippen LogP contribution in [0.1, 0.15) is 0 Å². The van der Waals surface area contributed by atoms with E-state index < -0.39 is 8.25 Å². The van der Waals surface area contributed by atoms with Crippen LogP contribution in [0.3, 0.4) is 0 Å². The molecule has 0 saturated carbocycles. The van der Waals surface area contributed by atoms with Crippen molar-refractivity contribution in [2.24, 2.45) is 11.5 Å². The van der Waals surface area contributed by atoms with Crippen LogP contribution in [0.15, 0.2) is 0 Å². The number of hydrogen-bond acceptors (Lipinski definition) is 9. The highest BCUT2D eigenvalue weighted by Gasteiger charge is 2.20. The molecule has 0 bridgehead atoms. The molecule has 0 aliphatic carbocycles. The van der Waals surface area contributed by atoms with Gasteiger partial charge < -0.3 is 22.1 Å². The normalized spacial score (nSPS) is 10.8. The van der Waals surface area contributed by atoms with Gasteiger partial charge >= 0.3 is 8.25 Å². The molecule has 0 aliphatic rings. The van der Waals surface area contributed by atoms with E-state index in [1.165, 1.54) is 0 Å². The van der Waals surface area contributed by atoms with Crippen LogP contribution in [0, 0.1) is 0 Å². The summed E-state index contributed by atoms with van der Waals surface area (Å²) >= 11 is 0. The fourth-order valence-electron chi connectivity index (χ4n) is 0.948. The summed E-state index contributed by atoms with van der Waals surface area (Å²) in [7, 11) is -2.21. The third-order valence-corrected chi connectivity index (χ3v) is 2.28. The minimum Gasteiger partial charge on any atom is -0.329 e. The molecule has 0 rings (SSSR count). The summed E-state index contributed by atoms with van der Waals surface area (Å²) in [6, 6.07) is 0. The second-order valence-corrected chi connectivity index (χ2v) is 4.08. The monoisotopic (exact) mass is 283 g/mol. The summed E-state index contributed by atoms with van der Waals surface area (Å²) in [5, 5.41) is 6.09. The Labute approximate surface area is 108 Å². The van der Waals surface area contributed by atoms with E-state index >= 15 is 0 Å². The molecular formula is C8H24N6O3P+. The average molecular weight is 283 g/mol. The quantitative estimate of drug-likeness (QED) is 0.119. The Morgan fingerprint density at radius 3 is 1.61 bits per heavy atom. The van der Waals surface area contributed by atoms with Crippen LogP contribution in [-0.4, -0.2) is 52.4 Å². The smallest absolute Gasteiger partial charge is 0.329 e. The molecule has 0 aliphatic heterocycles. The fourth-order valence-corrected chi connectivity index (χ4v) is 1.38. The lowest BCUT2D eigenvalue weighted by atomic mass is 10.6. The van der Waals surface area contributed by atoms with Crippen LogP contribution in [-0.2, 0) is 13.8 Å². The maximum absolute atomic E-state index is 11.1. The molecule has 0 saturated heterocycles. The molecule has 18 heavy (non-hydrogen) atoms. The zero-order valence-electron chi connectivity index (χ0n) is 10.5. The van der Waals surface area contributed by atoms with E-state index in [1.54, 1.807) is 0 Å². The third-order valence-electron chi connectivity index (χ3n) is 1.73. The van der Waals surface area contributed by atoms with Crippen molar-refractivity contribution < 1.29 is 13.8 Å². The van der Waals surface area contributed by atoms with Crippen LogP contribution in [0.25, 0.3) is 0 Å². The van der Waals surface area contributed by atoms with Crippen molar-refractivity contribution in [1.82, 2.24) is 21.6 Å². The van der Waals surface area contributed by atoms with Crippen molar-refractivity contribution in [3.05, 3.63) is 0 Å².